The number of nitrogens with zero attached hydrogens (tertiary/aromatic N) is 4. The zero-order chi connectivity index (χ0) is 18.1. The lowest BCUT2D eigenvalue weighted by molar-refractivity contribution is -0.124. The Kier molecular flexibility index (Phi) is 4.49. The molecule has 1 unspecified atom stereocenters. The van der Waals surface area contributed by atoms with Gasteiger partial charge in [0.05, 0.1) is 11.6 Å². The van der Waals surface area contributed by atoms with Crippen LogP contribution >= 0.6 is 11.6 Å². The van der Waals surface area contributed by atoms with Crippen LogP contribution in [0.15, 0.2) is 29.3 Å². The van der Waals surface area contributed by atoms with Crippen molar-refractivity contribution in [3.05, 3.63) is 29.3 Å². The number of carbonyl (C=O) groups excluding carboxylic acids is 1. The fourth-order valence-electron chi connectivity index (χ4n) is 4.27. The molecule has 1 aromatic carbocycles. The molecule has 2 aliphatic heterocycles. The zero-order valence-electron chi connectivity index (χ0n) is 14.6. The number of nitrogens with one attached hydrogen (secondary N) is 1. The number of hydrogen-bond acceptors (Lipinski definition) is 5. The van der Waals surface area contributed by atoms with Gasteiger partial charge in [0.25, 0.3) is 0 Å². The molecule has 0 aromatic heterocycles. The van der Waals surface area contributed by atoms with Gasteiger partial charge in [0, 0.05) is 36.9 Å². The van der Waals surface area contributed by atoms with Crippen LogP contribution in [0.3, 0.4) is 0 Å². The van der Waals surface area contributed by atoms with Gasteiger partial charge < -0.3 is 9.80 Å². The van der Waals surface area contributed by atoms with Crippen LogP contribution in [0.2, 0.25) is 5.02 Å². The minimum Gasteiger partial charge on any atom is -0.368 e. The number of benzene rings is 1. The number of aliphatic imine (C=N–C) groups is 1. The van der Waals surface area contributed by atoms with Gasteiger partial charge in [-0.2, -0.15) is 5.26 Å². The standard InChI is InChI=1S/C19H22ClN5O/c20-14-3-5-15(6-4-14)24-9-11-25(12-10-24)18-22-17(26)16(13-21)19(23-18)7-1-2-8-19/h3-6,16H,1-2,7-12H2,(H,22,23,26). The summed E-state index contributed by atoms with van der Waals surface area (Å²) >= 11 is 5.97. The highest BCUT2D eigenvalue weighted by molar-refractivity contribution is 6.30. The Hall–Kier alpha value is -2.26. The van der Waals surface area contributed by atoms with Crippen molar-refractivity contribution < 1.29 is 4.79 Å². The van der Waals surface area contributed by atoms with Crippen molar-refractivity contribution in [2.24, 2.45) is 10.9 Å². The smallest absolute Gasteiger partial charge is 0.246 e. The van der Waals surface area contributed by atoms with Crippen molar-refractivity contribution in [2.45, 2.75) is 31.2 Å². The molecule has 7 heteroatoms. The van der Waals surface area contributed by atoms with Crippen LogP contribution in [-0.4, -0.2) is 48.5 Å². The molecular weight excluding hydrogens is 350 g/mol. The van der Waals surface area contributed by atoms with Crippen LogP contribution in [-0.2, 0) is 4.79 Å². The van der Waals surface area contributed by atoms with Gasteiger partial charge >= 0.3 is 0 Å². The second-order valence-corrected chi connectivity index (χ2v) is 7.68. The highest BCUT2D eigenvalue weighted by Gasteiger charge is 2.49. The van der Waals surface area contributed by atoms with Crippen LogP contribution in [0.25, 0.3) is 0 Å². The Bertz CT molecular complexity index is 755. The number of anilines is 1. The maximum Gasteiger partial charge on any atom is 0.246 e. The summed E-state index contributed by atoms with van der Waals surface area (Å²) in [5, 5.41) is 13.1. The molecule has 1 atom stereocenters. The summed E-state index contributed by atoms with van der Waals surface area (Å²) in [5.41, 5.74) is 0.639. The number of halogens is 1. The second-order valence-electron chi connectivity index (χ2n) is 7.25. The molecule has 0 bridgehead atoms. The summed E-state index contributed by atoms with van der Waals surface area (Å²) in [7, 11) is 0. The van der Waals surface area contributed by atoms with E-state index in [2.05, 4.69) is 21.2 Å². The third-order valence-electron chi connectivity index (χ3n) is 5.73. The highest BCUT2D eigenvalue weighted by atomic mass is 35.5. The van der Waals surface area contributed by atoms with Gasteiger partial charge in [0.1, 0.15) is 0 Å². The van der Waals surface area contributed by atoms with Crippen molar-refractivity contribution in [1.82, 2.24) is 10.2 Å². The summed E-state index contributed by atoms with van der Waals surface area (Å²) in [6.45, 7) is 3.28. The van der Waals surface area contributed by atoms with Crippen molar-refractivity contribution in [3.63, 3.8) is 0 Å². The average Bonchev–Trinajstić information content (AvgIpc) is 3.11. The maximum absolute atomic E-state index is 12.5. The van der Waals surface area contributed by atoms with Crippen molar-refractivity contribution in [2.75, 3.05) is 31.1 Å². The molecule has 0 radical (unpaired) electrons. The van der Waals surface area contributed by atoms with Gasteiger partial charge in [0.2, 0.25) is 11.9 Å². The Balaban J connectivity index is 1.49. The number of rotatable bonds is 1. The van der Waals surface area contributed by atoms with E-state index in [1.807, 2.05) is 24.3 Å². The first-order valence-corrected chi connectivity index (χ1v) is 9.55. The minimum atomic E-state index is -0.663. The Morgan fingerprint density at radius 3 is 2.35 bits per heavy atom. The molecule has 1 saturated heterocycles. The fourth-order valence-corrected chi connectivity index (χ4v) is 4.40. The molecule has 1 amide bonds. The monoisotopic (exact) mass is 371 g/mol. The Morgan fingerprint density at radius 1 is 1.12 bits per heavy atom. The molecule has 1 saturated carbocycles. The minimum absolute atomic E-state index is 0.195. The summed E-state index contributed by atoms with van der Waals surface area (Å²) in [6.07, 6.45) is 3.72. The molecule has 1 spiro atoms. The van der Waals surface area contributed by atoms with E-state index in [1.165, 1.54) is 0 Å². The van der Waals surface area contributed by atoms with Crippen LogP contribution in [0.4, 0.5) is 5.69 Å². The number of amides is 1. The lowest BCUT2D eigenvalue weighted by Gasteiger charge is -2.41. The van der Waals surface area contributed by atoms with E-state index in [0.717, 1.165) is 62.6 Å². The lowest BCUT2D eigenvalue weighted by atomic mass is 9.82. The molecule has 26 heavy (non-hydrogen) atoms. The van der Waals surface area contributed by atoms with E-state index in [-0.39, 0.29) is 5.91 Å². The first kappa shape index (κ1) is 17.2. The molecular formula is C19H22ClN5O. The molecule has 2 heterocycles. The SMILES string of the molecule is N#CC1C(=O)NC(N2CCN(c3ccc(Cl)cc3)CC2)=NC12CCCC2. The second kappa shape index (κ2) is 6.81. The third-order valence-corrected chi connectivity index (χ3v) is 5.98. The largest absolute Gasteiger partial charge is 0.368 e. The number of nitriles is 1. The molecule has 2 fully saturated rings. The van der Waals surface area contributed by atoms with Crippen molar-refractivity contribution in [3.8, 4) is 6.07 Å². The Labute approximate surface area is 158 Å². The van der Waals surface area contributed by atoms with E-state index in [4.69, 9.17) is 16.6 Å². The summed E-state index contributed by atoms with van der Waals surface area (Å²) < 4.78 is 0. The van der Waals surface area contributed by atoms with Gasteiger partial charge in [-0.3, -0.25) is 10.1 Å². The number of hydrogen-bond donors (Lipinski definition) is 1. The molecule has 1 aliphatic carbocycles. The van der Waals surface area contributed by atoms with Gasteiger partial charge in [-0.1, -0.05) is 24.4 Å². The summed E-state index contributed by atoms with van der Waals surface area (Å²) in [4.78, 5) is 21.8. The summed E-state index contributed by atoms with van der Waals surface area (Å²) in [5.74, 6) is -0.206. The molecule has 1 aromatic rings. The first-order valence-electron chi connectivity index (χ1n) is 9.17. The normalized spacial score (nSPS) is 25.0. The third kappa shape index (κ3) is 3.01. The lowest BCUT2D eigenvalue weighted by Crippen LogP contribution is -2.59. The van der Waals surface area contributed by atoms with Gasteiger partial charge in [-0.15, -0.1) is 0 Å². The number of guanidine groups is 1. The molecule has 3 aliphatic rings. The molecule has 6 nitrogen and oxygen atoms in total. The van der Waals surface area contributed by atoms with E-state index >= 15 is 0 Å². The van der Waals surface area contributed by atoms with E-state index in [9.17, 15) is 10.1 Å². The van der Waals surface area contributed by atoms with Crippen LogP contribution < -0.4 is 10.2 Å². The Morgan fingerprint density at radius 2 is 1.73 bits per heavy atom. The average molecular weight is 372 g/mol. The van der Waals surface area contributed by atoms with E-state index < -0.39 is 11.5 Å². The number of piperazine rings is 1. The molecule has 1 N–H and O–H groups in total. The predicted octanol–water partition coefficient (Wildman–Crippen LogP) is 2.40. The fraction of sp³-hybridized carbons (Fsp3) is 0.526. The van der Waals surface area contributed by atoms with Crippen LogP contribution in [0, 0.1) is 17.2 Å². The molecule has 136 valence electrons. The topological polar surface area (TPSA) is 71.7 Å². The maximum atomic E-state index is 12.5. The van der Waals surface area contributed by atoms with Crippen molar-refractivity contribution >= 4 is 29.2 Å². The zero-order valence-corrected chi connectivity index (χ0v) is 15.4. The van der Waals surface area contributed by atoms with Crippen LogP contribution in [0.5, 0.6) is 0 Å². The molecule has 4 rings (SSSR count). The van der Waals surface area contributed by atoms with Gasteiger partial charge in [-0.05, 0) is 37.1 Å². The van der Waals surface area contributed by atoms with E-state index in [1.54, 1.807) is 0 Å². The van der Waals surface area contributed by atoms with Gasteiger partial charge in [-0.25, -0.2) is 4.99 Å². The van der Waals surface area contributed by atoms with Crippen molar-refractivity contribution in [1.29, 1.82) is 5.26 Å². The quantitative estimate of drug-likeness (QED) is 0.822. The summed E-state index contributed by atoms with van der Waals surface area (Å²) in [6, 6.07) is 10.1. The van der Waals surface area contributed by atoms with Crippen LogP contribution in [0.1, 0.15) is 25.7 Å². The predicted molar refractivity (Wildman–Crippen MR) is 101 cm³/mol. The first-order chi connectivity index (χ1) is 12.6. The van der Waals surface area contributed by atoms with E-state index in [0.29, 0.717) is 5.96 Å². The number of carbonyl (C=O) groups is 1. The van der Waals surface area contributed by atoms with Gasteiger partial charge in [0.15, 0.2) is 5.92 Å². The highest BCUT2D eigenvalue weighted by Crippen LogP contribution is 2.41.